The number of aromatic nitrogens is 4. The molecule has 4 aromatic rings. The van der Waals surface area contributed by atoms with Gasteiger partial charge in [-0.05, 0) is 43.7 Å². The first-order valence-electron chi connectivity index (χ1n) is 9.97. The summed E-state index contributed by atoms with van der Waals surface area (Å²) in [4.78, 5) is 12.8. The Kier molecular flexibility index (Phi) is 6.15. The summed E-state index contributed by atoms with van der Waals surface area (Å²) in [5, 5.41) is 20.7. The third-order valence-electron chi connectivity index (χ3n) is 5.21. The average molecular weight is 462 g/mol. The number of nitrogens with two attached hydrogens (primary N) is 1. The highest BCUT2D eigenvalue weighted by atomic mass is 32.2. The molecule has 1 amide bonds. The van der Waals surface area contributed by atoms with Crippen molar-refractivity contribution in [2.75, 3.05) is 16.9 Å². The Morgan fingerprint density at radius 1 is 1.15 bits per heavy atom. The summed E-state index contributed by atoms with van der Waals surface area (Å²) in [5.41, 5.74) is 3.10. The van der Waals surface area contributed by atoms with E-state index in [0.29, 0.717) is 11.4 Å². The Balaban J connectivity index is 1.55. The number of hydrogen-bond donors (Lipinski definition) is 2. The van der Waals surface area contributed by atoms with Crippen LogP contribution in [0.2, 0.25) is 0 Å². The van der Waals surface area contributed by atoms with Gasteiger partial charge in [-0.25, -0.2) is 9.07 Å². The number of rotatable bonds is 6. The summed E-state index contributed by atoms with van der Waals surface area (Å²) >= 11 is 1.06. The van der Waals surface area contributed by atoms with Gasteiger partial charge in [0.1, 0.15) is 17.7 Å². The summed E-state index contributed by atoms with van der Waals surface area (Å²) in [6.07, 6.45) is 0. The summed E-state index contributed by atoms with van der Waals surface area (Å²) < 4.78 is 17.1. The van der Waals surface area contributed by atoms with Crippen LogP contribution in [0.25, 0.3) is 17.1 Å². The summed E-state index contributed by atoms with van der Waals surface area (Å²) in [7, 11) is 0. The van der Waals surface area contributed by atoms with Gasteiger partial charge in [0.25, 0.3) is 0 Å². The van der Waals surface area contributed by atoms with E-state index in [-0.39, 0.29) is 28.2 Å². The molecule has 10 heteroatoms. The minimum atomic E-state index is -0.470. The number of nitrogens with one attached hydrogen (secondary N) is 1. The topological polar surface area (TPSA) is 115 Å². The molecule has 4 rings (SSSR count). The number of nitrogen functional groups attached to an aromatic ring is 1. The fourth-order valence-electron chi connectivity index (χ4n) is 3.46. The van der Waals surface area contributed by atoms with E-state index in [4.69, 9.17) is 5.84 Å². The van der Waals surface area contributed by atoms with Gasteiger partial charge >= 0.3 is 0 Å². The molecule has 3 N–H and O–H groups in total. The molecule has 0 radical (unpaired) electrons. The molecule has 0 aliphatic heterocycles. The minimum Gasteiger partial charge on any atom is -0.335 e. The molecule has 0 atom stereocenters. The van der Waals surface area contributed by atoms with E-state index in [2.05, 4.69) is 21.6 Å². The van der Waals surface area contributed by atoms with E-state index in [9.17, 15) is 14.4 Å². The molecule has 0 saturated heterocycles. The first-order chi connectivity index (χ1) is 15.9. The normalized spacial score (nSPS) is 10.7. The second-order valence-corrected chi connectivity index (χ2v) is 8.15. The van der Waals surface area contributed by atoms with Crippen LogP contribution >= 0.6 is 11.8 Å². The predicted molar refractivity (Wildman–Crippen MR) is 125 cm³/mol. The van der Waals surface area contributed by atoms with Crippen molar-refractivity contribution < 1.29 is 9.18 Å². The van der Waals surface area contributed by atoms with Crippen molar-refractivity contribution in [1.82, 2.24) is 19.4 Å². The number of benzene rings is 2. The summed E-state index contributed by atoms with van der Waals surface area (Å²) in [5.74, 6) is 5.76. The fourth-order valence-corrected chi connectivity index (χ4v) is 4.12. The van der Waals surface area contributed by atoms with Crippen molar-refractivity contribution in [3.8, 4) is 23.1 Å². The van der Waals surface area contributed by atoms with Crippen molar-refractivity contribution in [1.29, 1.82) is 5.26 Å². The molecular formula is C23H20FN7OS. The molecule has 0 saturated carbocycles. The quantitative estimate of drug-likeness (QED) is 0.333. The van der Waals surface area contributed by atoms with Crippen molar-refractivity contribution in [2.24, 2.45) is 0 Å². The van der Waals surface area contributed by atoms with Crippen molar-refractivity contribution in [3.05, 3.63) is 77.2 Å². The van der Waals surface area contributed by atoms with Crippen molar-refractivity contribution in [3.63, 3.8) is 0 Å². The number of nitrogens with zero attached hydrogens (tertiary/aromatic N) is 5. The molecule has 0 spiro atoms. The maximum absolute atomic E-state index is 14.1. The number of anilines is 1. The molecule has 2 heterocycles. The molecule has 2 aromatic carbocycles. The van der Waals surface area contributed by atoms with Crippen LogP contribution in [0.4, 0.5) is 10.2 Å². The zero-order valence-electron chi connectivity index (χ0n) is 17.9. The van der Waals surface area contributed by atoms with Crippen LogP contribution in [0.15, 0.2) is 59.8 Å². The molecule has 0 aliphatic carbocycles. The maximum Gasteiger partial charge on any atom is 0.236 e. The van der Waals surface area contributed by atoms with Crippen LogP contribution in [0, 0.1) is 31.0 Å². The molecule has 0 bridgehead atoms. The van der Waals surface area contributed by atoms with Gasteiger partial charge in [0.15, 0.2) is 5.82 Å². The van der Waals surface area contributed by atoms with Crippen molar-refractivity contribution in [2.45, 2.75) is 19.0 Å². The largest absolute Gasteiger partial charge is 0.335 e. The Morgan fingerprint density at radius 2 is 1.85 bits per heavy atom. The maximum atomic E-state index is 14.1. The lowest BCUT2D eigenvalue weighted by Crippen LogP contribution is -2.19. The van der Waals surface area contributed by atoms with Gasteiger partial charge in [-0.3, -0.25) is 9.36 Å². The first-order valence-corrected chi connectivity index (χ1v) is 11.0. The highest BCUT2D eigenvalue weighted by Crippen LogP contribution is 2.30. The van der Waals surface area contributed by atoms with Gasteiger partial charge < -0.3 is 11.2 Å². The Bertz CT molecular complexity index is 1370. The van der Waals surface area contributed by atoms with Gasteiger partial charge in [0.05, 0.1) is 16.9 Å². The van der Waals surface area contributed by atoms with Gasteiger partial charge in [-0.1, -0.05) is 42.1 Å². The molecule has 166 valence electrons. The zero-order chi connectivity index (χ0) is 23.5. The van der Waals surface area contributed by atoms with E-state index < -0.39 is 5.82 Å². The Morgan fingerprint density at radius 3 is 2.55 bits per heavy atom. The molecule has 0 aliphatic rings. The molecule has 0 unspecified atom stereocenters. The molecular weight excluding hydrogens is 441 g/mol. The lowest BCUT2D eigenvalue weighted by atomic mass is 10.2. The van der Waals surface area contributed by atoms with Crippen LogP contribution in [0.1, 0.15) is 16.8 Å². The Labute approximate surface area is 193 Å². The monoisotopic (exact) mass is 461 g/mol. The summed E-state index contributed by atoms with van der Waals surface area (Å²) in [6.45, 7) is 3.74. The number of halogens is 1. The van der Waals surface area contributed by atoms with Crippen molar-refractivity contribution >= 4 is 23.5 Å². The molecule has 2 aromatic heterocycles. The lowest BCUT2D eigenvalue weighted by molar-refractivity contribution is -0.113. The lowest BCUT2D eigenvalue weighted by Gasteiger charge is -2.13. The third-order valence-corrected chi connectivity index (χ3v) is 6.15. The number of carbonyl (C=O) groups is 1. The first kappa shape index (κ1) is 22.1. The highest BCUT2D eigenvalue weighted by molar-refractivity contribution is 7.99. The van der Waals surface area contributed by atoms with Crippen LogP contribution < -0.4 is 11.2 Å². The fraction of sp³-hybridized carbons (Fsp3) is 0.130. The standard InChI is InChI=1S/C23H20FN7OS/c1-14-15(2)30(16-8-4-3-5-9-16)21(18(14)12-25)27-20(32)13-33-23-29-28-22(31(23)26)17-10-6-7-11-19(17)24/h3-11H,13,26H2,1-2H3,(H,27,32). The number of para-hydroxylation sites is 1. The van der Waals surface area contributed by atoms with E-state index in [1.807, 2.05) is 48.7 Å². The number of hydrogen-bond acceptors (Lipinski definition) is 6. The van der Waals surface area contributed by atoms with Gasteiger partial charge in [-0.2, -0.15) is 5.26 Å². The van der Waals surface area contributed by atoms with E-state index in [1.54, 1.807) is 18.2 Å². The number of carbonyl (C=O) groups excluding carboxylic acids is 1. The number of nitriles is 1. The van der Waals surface area contributed by atoms with Crippen LogP contribution in [-0.4, -0.2) is 31.1 Å². The van der Waals surface area contributed by atoms with Gasteiger partial charge in [-0.15, -0.1) is 10.2 Å². The number of amides is 1. The van der Waals surface area contributed by atoms with Crippen LogP contribution in [-0.2, 0) is 4.79 Å². The smallest absolute Gasteiger partial charge is 0.236 e. The molecule has 8 nitrogen and oxygen atoms in total. The predicted octanol–water partition coefficient (Wildman–Crippen LogP) is 3.81. The van der Waals surface area contributed by atoms with E-state index in [1.165, 1.54) is 6.07 Å². The third kappa shape index (κ3) is 4.18. The number of thioether (sulfide) groups is 1. The van der Waals surface area contributed by atoms with Crippen LogP contribution in [0.3, 0.4) is 0 Å². The second kappa shape index (κ2) is 9.18. The highest BCUT2D eigenvalue weighted by Gasteiger charge is 2.21. The molecule has 33 heavy (non-hydrogen) atoms. The minimum absolute atomic E-state index is 0.0322. The van der Waals surface area contributed by atoms with Gasteiger partial charge in [0.2, 0.25) is 11.1 Å². The van der Waals surface area contributed by atoms with Gasteiger partial charge in [0, 0.05) is 11.4 Å². The van der Waals surface area contributed by atoms with Crippen LogP contribution in [0.5, 0.6) is 0 Å². The summed E-state index contributed by atoms with van der Waals surface area (Å²) in [6, 6.07) is 17.8. The average Bonchev–Trinajstić information content (AvgIpc) is 3.29. The SMILES string of the molecule is Cc1c(C#N)c(NC(=O)CSc2nnc(-c3ccccc3F)n2N)n(-c2ccccc2)c1C. The second-order valence-electron chi connectivity index (χ2n) is 7.21. The van der Waals surface area contributed by atoms with E-state index >= 15 is 0 Å². The van der Waals surface area contributed by atoms with E-state index in [0.717, 1.165) is 33.4 Å². The Hall–Kier alpha value is -4.10. The zero-order valence-corrected chi connectivity index (χ0v) is 18.7. The molecule has 0 fully saturated rings.